The first-order chi connectivity index (χ1) is 10.8. The van der Waals surface area contributed by atoms with Gasteiger partial charge in [0, 0.05) is 29.9 Å². The van der Waals surface area contributed by atoms with Crippen LogP contribution in [0.4, 0.5) is 5.69 Å². The Morgan fingerprint density at radius 1 is 1.41 bits per heavy atom. The number of hydrogen-bond acceptors (Lipinski definition) is 4. The number of carbonyl (C=O) groups is 1. The third kappa shape index (κ3) is 4.11. The van der Waals surface area contributed by atoms with Crippen LogP contribution in [0, 0.1) is 0 Å². The summed E-state index contributed by atoms with van der Waals surface area (Å²) >= 11 is 1.69. The molecule has 6 heteroatoms. The summed E-state index contributed by atoms with van der Waals surface area (Å²) in [6.45, 7) is 1.48. The lowest BCUT2D eigenvalue weighted by atomic mass is 10.3. The molecule has 0 spiro atoms. The van der Waals surface area contributed by atoms with E-state index in [9.17, 15) is 4.79 Å². The van der Waals surface area contributed by atoms with Gasteiger partial charge in [-0.05, 0) is 18.6 Å². The number of hydrogen-bond donors (Lipinski definition) is 1. The van der Waals surface area contributed by atoms with Crippen LogP contribution in [0.1, 0.15) is 18.9 Å². The predicted molar refractivity (Wildman–Crippen MR) is 87.1 cm³/mol. The molecule has 0 saturated carbocycles. The van der Waals surface area contributed by atoms with Crippen molar-refractivity contribution in [3.8, 4) is 0 Å². The molecule has 2 aromatic rings. The molecular weight excluding hydrogens is 298 g/mol. The van der Waals surface area contributed by atoms with E-state index >= 15 is 0 Å². The van der Waals surface area contributed by atoms with E-state index in [1.165, 1.54) is 4.90 Å². The summed E-state index contributed by atoms with van der Waals surface area (Å²) < 4.78 is 7.22. The summed E-state index contributed by atoms with van der Waals surface area (Å²) in [5.74, 6) is 0.783. The number of carbonyl (C=O) groups excluding carboxylic acids is 1. The maximum absolute atomic E-state index is 11.9. The van der Waals surface area contributed by atoms with E-state index < -0.39 is 0 Å². The fourth-order valence-electron chi connectivity index (χ4n) is 2.33. The van der Waals surface area contributed by atoms with Gasteiger partial charge in [-0.2, -0.15) is 5.10 Å². The van der Waals surface area contributed by atoms with Gasteiger partial charge in [-0.25, -0.2) is 0 Å². The monoisotopic (exact) mass is 317 g/mol. The molecule has 2 heterocycles. The number of amides is 1. The fraction of sp³-hybridized carbons (Fsp3) is 0.375. The van der Waals surface area contributed by atoms with Crippen LogP contribution >= 0.6 is 11.8 Å². The number of ether oxygens (including phenoxy) is 1. The zero-order valence-electron chi connectivity index (χ0n) is 12.3. The summed E-state index contributed by atoms with van der Waals surface area (Å²) in [5, 5.41) is 7.19. The predicted octanol–water partition coefficient (Wildman–Crippen LogP) is 2.97. The van der Waals surface area contributed by atoms with Crippen molar-refractivity contribution in [1.29, 1.82) is 0 Å². The standard InChI is InChI=1S/C16H19N3O2S/c20-16(7-9-22-15-4-2-1-3-5-15)18-13-10-17-19(11-13)14-6-8-21-12-14/h1-5,10-11,14H,6-9,12H2,(H,18,20). The van der Waals surface area contributed by atoms with Gasteiger partial charge in [0.2, 0.25) is 5.91 Å². The molecule has 1 fully saturated rings. The van der Waals surface area contributed by atoms with Crippen LogP contribution in [-0.4, -0.2) is 34.7 Å². The highest BCUT2D eigenvalue weighted by Gasteiger charge is 2.18. The van der Waals surface area contributed by atoms with E-state index in [1.54, 1.807) is 18.0 Å². The molecule has 1 N–H and O–H groups in total. The maximum Gasteiger partial charge on any atom is 0.225 e. The van der Waals surface area contributed by atoms with Crippen molar-refractivity contribution in [2.24, 2.45) is 0 Å². The molecule has 1 aromatic carbocycles. The van der Waals surface area contributed by atoms with Crippen LogP contribution in [0.5, 0.6) is 0 Å². The van der Waals surface area contributed by atoms with Crippen LogP contribution in [0.25, 0.3) is 0 Å². The van der Waals surface area contributed by atoms with Crippen molar-refractivity contribution < 1.29 is 9.53 Å². The van der Waals surface area contributed by atoms with E-state index in [-0.39, 0.29) is 5.91 Å². The van der Waals surface area contributed by atoms with Crippen molar-refractivity contribution in [1.82, 2.24) is 9.78 Å². The molecule has 1 aromatic heterocycles. The summed E-state index contributed by atoms with van der Waals surface area (Å²) in [7, 11) is 0. The van der Waals surface area contributed by atoms with Crippen LogP contribution in [0.2, 0.25) is 0 Å². The molecule has 5 nitrogen and oxygen atoms in total. The Morgan fingerprint density at radius 3 is 3.05 bits per heavy atom. The zero-order chi connectivity index (χ0) is 15.2. The number of nitrogens with one attached hydrogen (secondary N) is 1. The van der Waals surface area contributed by atoms with Crippen LogP contribution in [-0.2, 0) is 9.53 Å². The Balaban J connectivity index is 1.43. The molecule has 116 valence electrons. The van der Waals surface area contributed by atoms with Crippen LogP contribution in [0.3, 0.4) is 0 Å². The summed E-state index contributed by atoms with van der Waals surface area (Å²) in [4.78, 5) is 13.1. The molecule has 3 rings (SSSR count). The first kappa shape index (κ1) is 15.1. The minimum absolute atomic E-state index is 0.0191. The molecular formula is C16H19N3O2S. The summed E-state index contributed by atoms with van der Waals surface area (Å²) in [5.41, 5.74) is 0.751. The lowest BCUT2D eigenvalue weighted by molar-refractivity contribution is -0.115. The number of thioether (sulfide) groups is 1. The van der Waals surface area contributed by atoms with Gasteiger partial charge >= 0.3 is 0 Å². The number of benzene rings is 1. The first-order valence-electron chi connectivity index (χ1n) is 7.41. The molecule has 22 heavy (non-hydrogen) atoms. The van der Waals surface area contributed by atoms with Crippen molar-refractivity contribution >= 4 is 23.4 Å². The second-order valence-electron chi connectivity index (χ2n) is 5.19. The molecule has 1 unspecified atom stereocenters. The Labute approximate surface area is 134 Å². The molecule has 1 atom stereocenters. The van der Waals surface area contributed by atoms with Gasteiger partial charge in [-0.15, -0.1) is 11.8 Å². The van der Waals surface area contributed by atoms with Gasteiger partial charge in [0.25, 0.3) is 0 Å². The molecule has 1 amide bonds. The van der Waals surface area contributed by atoms with E-state index in [1.807, 2.05) is 29.1 Å². The number of nitrogens with zero attached hydrogens (tertiary/aromatic N) is 2. The lowest BCUT2D eigenvalue weighted by Crippen LogP contribution is -2.12. The average molecular weight is 317 g/mol. The second kappa shape index (κ2) is 7.47. The topological polar surface area (TPSA) is 56.2 Å². The van der Waals surface area contributed by atoms with Crippen LogP contribution in [0.15, 0.2) is 47.6 Å². The van der Waals surface area contributed by atoms with Gasteiger partial charge in [-0.3, -0.25) is 9.48 Å². The lowest BCUT2D eigenvalue weighted by Gasteiger charge is -2.07. The third-order valence-electron chi connectivity index (χ3n) is 3.51. The molecule has 0 bridgehead atoms. The Morgan fingerprint density at radius 2 is 2.27 bits per heavy atom. The molecule has 1 aliphatic rings. The second-order valence-corrected chi connectivity index (χ2v) is 6.35. The Hall–Kier alpha value is -1.79. The molecule has 0 aliphatic carbocycles. The maximum atomic E-state index is 11.9. The fourth-order valence-corrected chi connectivity index (χ4v) is 3.21. The SMILES string of the molecule is O=C(CCSc1ccccc1)Nc1cnn(C2CCOC2)c1. The van der Waals surface area contributed by atoms with Crippen molar-refractivity contribution in [3.63, 3.8) is 0 Å². The summed E-state index contributed by atoms with van der Waals surface area (Å²) in [6, 6.07) is 10.4. The largest absolute Gasteiger partial charge is 0.379 e. The van der Waals surface area contributed by atoms with E-state index in [0.717, 1.165) is 24.5 Å². The van der Waals surface area contributed by atoms with Crippen molar-refractivity contribution in [2.75, 3.05) is 24.3 Å². The zero-order valence-corrected chi connectivity index (χ0v) is 13.1. The average Bonchev–Trinajstić information content (AvgIpc) is 3.19. The summed E-state index contributed by atoms with van der Waals surface area (Å²) in [6.07, 6.45) is 5.03. The minimum atomic E-state index is 0.0191. The van der Waals surface area contributed by atoms with E-state index in [4.69, 9.17) is 4.74 Å². The highest BCUT2D eigenvalue weighted by atomic mass is 32.2. The van der Waals surface area contributed by atoms with E-state index in [0.29, 0.717) is 19.1 Å². The van der Waals surface area contributed by atoms with Gasteiger partial charge in [0.05, 0.1) is 24.5 Å². The third-order valence-corrected chi connectivity index (χ3v) is 4.52. The number of rotatable bonds is 6. The molecule has 1 saturated heterocycles. The van der Waals surface area contributed by atoms with Gasteiger partial charge < -0.3 is 10.1 Å². The highest BCUT2D eigenvalue weighted by Crippen LogP contribution is 2.20. The highest BCUT2D eigenvalue weighted by molar-refractivity contribution is 7.99. The van der Waals surface area contributed by atoms with Gasteiger partial charge in [0.15, 0.2) is 0 Å². The van der Waals surface area contributed by atoms with Crippen molar-refractivity contribution in [3.05, 3.63) is 42.7 Å². The number of anilines is 1. The molecule has 1 aliphatic heterocycles. The Kier molecular flexibility index (Phi) is 5.13. The smallest absolute Gasteiger partial charge is 0.225 e. The number of aromatic nitrogens is 2. The van der Waals surface area contributed by atoms with Gasteiger partial charge in [-0.1, -0.05) is 18.2 Å². The quantitative estimate of drug-likeness (QED) is 0.832. The van der Waals surface area contributed by atoms with Crippen molar-refractivity contribution in [2.45, 2.75) is 23.8 Å². The first-order valence-corrected chi connectivity index (χ1v) is 8.39. The molecule has 0 radical (unpaired) electrons. The van der Waals surface area contributed by atoms with Gasteiger partial charge in [0.1, 0.15) is 0 Å². The normalized spacial score (nSPS) is 17.5. The Bertz CT molecular complexity index is 609. The van der Waals surface area contributed by atoms with E-state index in [2.05, 4.69) is 22.5 Å². The minimum Gasteiger partial charge on any atom is -0.379 e. The van der Waals surface area contributed by atoms with Crippen LogP contribution < -0.4 is 5.32 Å².